The van der Waals surface area contributed by atoms with Gasteiger partial charge in [-0.25, -0.2) is 0 Å². The van der Waals surface area contributed by atoms with Crippen LogP contribution in [0, 0.1) is 12.3 Å². The topological polar surface area (TPSA) is 58.6 Å². The van der Waals surface area contributed by atoms with Crippen LogP contribution in [0.4, 0.5) is 5.82 Å². The SMILES string of the molecule is COc1cccc(CN2CC3(CCN(c4ccc(C)nn4)CC3)CC2=O)c1. The number of aromatic nitrogens is 2. The number of methoxy groups -OCH3 is 1. The van der Waals surface area contributed by atoms with Crippen molar-refractivity contribution in [2.45, 2.75) is 32.7 Å². The number of benzene rings is 1. The highest BCUT2D eigenvalue weighted by atomic mass is 16.5. The molecule has 0 aliphatic carbocycles. The lowest BCUT2D eigenvalue weighted by Gasteiger charge is -2.39. The smallest absolute Gasteiger partial charge is 0.223 e. The van der Waals surface area contributed by atoms with Crippen molar-refractivity contribution in [2.75, 3.05) is 31.6 Å². The van der Waals surface area contributed by atoms with Gasteiger partial charge in [0.25, 0.3) is 0 Å². The van der Waals surface area contributed by atoms with Gasteiger partial charge in [-0.05, 0) is 49.6 Å². The van der Waals surface area contributed by atoms with E-state index < -0.39 is 0 Å². The van der Waals surface area contributed by atoms with Crippen molar-refractivity contribution >= 4 is 11.7 Å². The van der Waals surface area contributed by atoms with Gasteiger partial charge in [0, 0.05) is 38.0 Å². The fraction of sp³-hybridized carbons (Fsp3) is 0.476. The molecule has 6 heteroatoms. The van der Waals surface area contributed by atoms with E-state index in [1.165, 1.54) is 0 Å². The van der Waals surface area contributed by atoms with Crippen LogP contribution in [0.1, 0.15) is 30.5 Å². The van der Waals surface area contributed by atoms with E-state index in [2.05, 4.69) is 21.2 Å². The van der Waals surface area contributed by atoms with Crippen molar-refractivity contribution in [3.8, 4) is 5.75 Å². The molecule has 3 heterocycles. The summed E-state index contributed by atoms with van der Waals surface area (Å²) in [7, 11) is 1.67. The molecular formula is C21H26N4O2. The molecule has 1 amide bonds. The van der Waals surface area contributed by atoms with Gasteiger partial charge in [-0.3, -0.25) is 4.79 Å². The summed E-state index contributed by atoms with van der Waals surface area (Å²) in [6, 6.07) is 12.0. The molecule has 0 bridgehead atoms. The van der Waals surface area contributed by atoms with E-state index in [0.717, 1.165) is 55.3 Å². The number of hydrogen-bond donors (Lipinski definition) is 0. The van der Waals surface area contributed by atoms with Gasteiger partial charge in [0.1, 0.15) is 5.75 Å². The Morgan fingerprint density at radius 3 is 2.67 bits per heavy atom. The number of carbonyl (C=O) groups is 1. The van der Waals surface area contributed by atoms with E-state index in [1.807, 2.05) is 42.2 Å². The molecule has 0 atom stereocenters. The van der Waals surface area contributed by atoms with Crippen LogP contribution in [0.25, 0.3) is 0 Å². The molecule has 2 aromatic rings. The minimum Gasteiger partial charge on any atom is -0.497 e. The fourth-order valence-electron chi connectivity index (χ4n) is 4.22. The number of nitrogens with zero attached hydrogens (tertiary/aromatic N) is 4. The number of ether oxygens (including phenoxy) is 1. The number of likely N-dealkylation sites (tertiary alicyclic amines) is 1. The number of anilines is 1. The summed E-state index contributed by atoms with van der Waals surface area (Å²) >= 11 is 0. The van der Waals surface area contributed by atoms with Gasteiger partial charge >= 0.3 is 0 Å². The van der Waals surface area contributed by atoms with Crippen LogP contribution in [0.5, 0.6) is 5.75 Å². The Balaban J connectivity index is 1.39. The van der Waals surface area contributed by atoms with Gasteiger partial charge < -0.3 is 14.5 Å². The van der Waals surface area contributed by atoms with Crippen LogP contribution in [0.3, 0.4) is 0 Å². The molecular weight excluding hydrogens is 340 g/mol. The number of amides is 1. The molecule has 2 aliphatic heterocycles. The van der Waals surface area contributed by atoms with Crippen LogP contribution in [-0.2, 0) is 11.3 Å². The van der Waals surface area contributed by atoms with Crippen LogP contribution in [0.15, 0.2) is 36.4 Å². The Morgan fingerprint density at radius 2 is 1.96 bits per heavy atom. The van der Waals surface area contributed by atoms with Crippen molar-refractivity contribution in [2.24, 2.45) is 5.41 Å². The Labute approximate surface area is 160 Å². The van der Waals surface area contributed by atoms with E-state index in [0.29, 0.717) is 13.0 Å². The Kier molecular flexibility index (Phi) is 4.72. The number of carbonyl (C=O) groups excluding carboxylic acids is 1. The monoisotopic (exact) mass is 366 g/mol. The average molecular weight is 366 g/mol. The first kappa shape index (κ1) is 17.8. The first-order chi connectivity index (χ1) is 13.1. The lowest BCUT2D eigenvalue weighted by Crippen LogP contribution is -2.42. The molecule has 0 radical (unpaired) electrons. The number of hydrogen-bond acceptors (Lipinski definition) is 5. The second-order valence-electron chi connectivity index (χ2n) is 7.80. The van der Waals surface area contributed by atoms with E-state index in [-0.39, 0.29) is 11.3 Å². The number of aryl methyl sites for hydroxylation is 1. The van der Waals surface area contributed by atoms with Crippen molar-refractivity contribution in [1.29, 1.82) is 0 Å². The molecule has 0 unspecified atom stereocenters. The molecule has 27 heavy (non-hydrogen) atoms. The highest BCUT2D eigenvalue weighted by Gasteiger charge is 2.44. The zero-order valence-corrected chi connectivity index (χ0v) is 16.0. The minimum atomic E-state index is 0.102. The summed E-state index contributed by atoms with van der Waals surface area (Å²) < 4.78 is 5.30. The lowest BCUT2D eigenvalue weighted by atomic mass is 9.77. The van der Waals surface area contributed by atoms with E-state index in [9.17, 15) is 4.79 Å². The van der Waals surface area contributed by atoms with E-state index in [1.54, 1.807) is 7.11 Å². The molecule has 2 fully saturated rings. The largest absolute Gasteiger partial charge is 0.497 e. The third-order valence-corrected chi connectivity index (χ3v) is 5.84. The van der Waals surface area contributed by atoms with Gasteiger partial charge in [-0.15, -0.1) is 5.10 Å². The predicted octanol–water partition coefficient (Wildman–Crippen LogP) is 2.81. The minimum absolute atomic E-state index is 0.102. The van der Waals surface area contributed by atoms with Crippen molar-refractivity contribution in [3.05, 3.63) is 47.7 Å². The van der Waals surface area contributed by atoms with Crippen molar-refractivity contribution < 1.29 is 9.53 Å². The molecule has 0 N–H and O–H groups in total. The standard InChI is InChI=1S/C21H26N4O2/c1-16-6-7-19(23-22-16)24-10-8-21(9-11-24)13-20(26)25(15-21)14-17-4-3-5-18(12-17)27-2/h3-7,12H,8-11,13-15H2,1-2H3. The van der Waals surface area contributed by atoms with Crippen molar-refractivity contribution in [1.82, 2.24) is 15.1 Å². The maximum absolute atomic E-state index is 12.7. The van der Waals surface area contributed by atoms with Crippen LogP contribution in [-0.4, -0.2) is 47.7 Å². The van der Waals surface area contributed by atoms with E-state index >= 15 is 0 Å². The highest BCUT2D eigenvalue weighted by Crippen LogP contribution is 2.42. The maximum Gasteiger partial charge on any atom is 0.223 e. The summed E-state index contributed by atoms with van der Waals surface area (Å²) in [4.78, 5) is 16.9. The summed E-state index contributed by atoms with van der Waals surface area (Å²) in [5.41, 5.74) is 2.15. The fourth-order valence-corrected chi connectivity index (χ4v) is 4.22. The lowest BCUT2D eigenvalue weighted by molar-refractivity contribution is -0.128. The Hall–Kier alpha value is -2.63. The third kappa shape index (κ3) is 3.75. The molecule has 1 aromatic carbocycles. The molecule has 2 aliphatic rings. The summed E-state index contributed by atoms with van der Waals surface area (Å²) in [5.74, 6) is 2.04. The summed E-state index contributed by atoms with van der Waals surface area (Å²) in [6.45, 7) is 5.31. The quantitative estimate of drug-likeness (QED) is 0.833. The molecule has 4 rings (SSSR count). The zero-order chi connectivity index (χ0) is 18.9. The summed E-state index contributed by atoms with van der Waals surface area (Å²) in [6.07, 6.45) is 2.69. The summed E-state index contributed by atoms with van der Waals surface area (Å²) in [5, 5.41) is 8.47. The van der Waals surface area contributed by atoms with Gasteiger partial charge in [-0.1, -0.05) is 12.1 Å². The van der Waals surface area contributed by atoms with Crippen LogP contribution >= 0.6 is 0 Å². The molecule has 2 saturated heterocycles. The highest BCUT2D eigenvalue weighted by molar-refractivity contribution is 5.79. The molecule has 6 nitrogen and oxygen atoms in total. The van der Waals surface area contributed by atoms with Gasteiger partial charge in [-0.2, -0.15) is 5.10 Å². The number of piperidine rings is 1. The molecule has 142 valence electrons. The molecule has 0 saturated carbocycles. The normalized spacial score (nSPS) is 19.0. The predicted molar refractivity (Wildman–Crippen MR) is 104 cm³/mol. The molecule has 1 spiro atoms. The van der Waals surface area contributed by atoms with Crippen LogP contribution < -0.4 is 9.64 Å². The number of rotatable bonds is 4. The molecule has 1 aromatic heterocycles. The maximum atomic E-state index is 12.7. The first-order valence-electron chi connectivity index (χ1n) is 9.53. The zero-order valence-electron chi connectivity index (χ0n) is 16.0. The second-order valence-corrected chi connectivity index (χ2v) is 7.80. The first-order valence-corrected chi connectivity index (χ1v) is 9.53. The van der Waals surface area contributed by atoms with Gasteiger partial charge in [0.2, 0.25) is 5.91 Å². The second kappa shape index (κ2) is 7.18. The Bertz CT molecular complexity index is 813. The Morgan fingerprint density at radius 1 is 1.15 bits per heavy atom. The van der Waals surface area contributed by atoms with Gasteiger partial charge in [0.15, 0.2) is 5.82 Å². The van der Waals surface area contributed by atoms with E-state index in [4.69, 9.17) is 4.74 Å². The third-order valence-electron chi connectivity index (χ3n) is 5.84. The van der Waals surface area contributed by atoms with Crippen molar-refractivity contribution in [3.63, 3.8) is 0 Å². The average Bonchev–Trinajstić information content (AvgIpc) is 2.98. The van der Waals surface area contributed by atoms with Crippen LogP contribution in [0.2, 0.25) is 0 Å². The van der Waals surface area contributed by atoms with Gasteiger partial charge in [0.05, 0.1) is 12.8 Å².